The van der Waals surface area contributed by atoms with Gasteiger partial charge in [-0.2, -0.15) is 0 Å². The van der Waals surface area contributed by atoms with E-state index >= 15 is 0 Å². The molecule has 0 aliphatic carbocycles. The number of carbonyl (C=O) groups excluding carboxylic acids is 1. The summed E-state index contributed by atoms with van der Waals surface area (Å²) >= 11 is 5.40. The highest BCUT2D eigenvalue weighted by Gasteiger charge is 1.99. The fourth-order valence-electron chi connectivity index (χ4n) is 1.60. The van der Waals surface area contributed by atoms with Crippen LogP contribution in [0.25, 0.3) is 0 Å². The van der Waals surface area contributed by atoms with Crippen molar-refractivity contribution in [2.75, 3.05) is 5.88 Å². The number of amides is 1. The molecule has 0 aliphatic rings. The largest absolute Gasteiger partial charge is 0.351 e. The number of halogens is 2. The van der Waals surface area contributed by atoms with Crippen molar-refractivity contribution in [2.45, 2.75) is 13.1 Å². The summed E-state index contributed by atoms with van der Waals surface area (Å²) in [4.78, 5) is 15.0. The van der Waals surface area contributed by atoms with Gasteiger partial charge in [-0.05, 0) is 11.1 Å². The van der Waals surface area contributed by atoms with Gasteiger partial charge in [0.2, 0.25) is 5.91 Å². The molecule has 6 heteroatoms. The lowest BCUT2D eigenvalue weighted by Gasteiger charge is -2.06. The number of aromatic nitrogens is 2. The minimum Gasteiger partial charge on any atom is -0.351 e. The fraction of sp³-hybridized carbons (Fsp3) is 0.231. The highest BCUT2D eigenvalue weighted by Crippen LogP contribution is 2.06. The van der Waals surface area contributed by atoms with Crippen LogP contribution in [0, 0.1) is 0 Å². The molecular formula is C13H15Cl2N3O. The Balaban J connectivity index is 0.00000180. The summed E-state index contributed by atoms with van der Waals surface area (Å²) in [6, 6.07) is 8.09. The van der Waals surface area contributed by atoms with E-state index in [2.05, 4.69) is 10.3 Å². The second kappa shape index (κ2) is 7.81. The number of hydrogen-bond acceptors (Lipinski definition) is 2. The summed E-state index contributed by atoms with van der Waals surface area (Å²) in [5.74, 6) is -0.155. The van der Waals surface area contributed by atoms with Gasteiger partial charge in [0.15, 0.2) is 0 Å². The SMILES string of the molecule is Cl.O=C(CCl)NCc1ccc(Cn2ccnc2)cc1. The van der Waals surface area contributed by atoms with E-state index in [9.17, 15) is 4.79 Å². The van der Waals surface area contributed by atoms with E-state index in [4.69, 9.17) is 11.6 Å². The molecule has 2 rings (SSSR count). The number of nitrogens with one attached hydrogen (secondary N) is 1. The topological polar surface area (TPSA) is 46.9 Å². The van der Waals surface area contributed by atoms with E-state index < -0.39 is 0 Å². The first-order valence-corrected chi connectivity index (χ1v) is 6.17. The van der Waals surface area contributed by atoms with Crippen LogP contribution in [0.1, 0.15) is 11.1 Å². The van der Waals surface area contributed by atoms with E-state index in [0.29, 0.717) is 6.54 Å². The van der Waals surface area contributed by atoms with Crippen LogP contribution in [0.15, 0.2) is 43.0 Å². The number of alkyl halides is 1. The molecule has 0 saturated heterocycles. The number of hydrogen-bond donors (Lipinski definition) is 1. The number of benzene rings is 1. The van der Waals surface area contributed by atoms with Crippen LogP contribution < -0.4 is 5.32 Å². The molecule has 0 saturated carbocycles. The third-order valence-electron chi connectivity index (χ3n) is 2.56. The third-order valence-corrected chi connectivity index (χ3v) is 2.80. The lowest BCUT2D eigenvalue weighted by Crippen LogP contribution is -2.23. The van der Waals surface area contributed by atoms with Gasteiger partial charge in [0.05, 0.1) is 6.33 Å². The van der Waals surface area contributed by atoms with E-state index in [1.165, 1.54) is 5.56 Å². The van der Waals surface area contributed by atoms with E-state index in [-0.39, 0.29) is 24.2 Å². The molecule has 0 bridgehead atoms. The average Bonchev–Trinajstić information content (AvgIpc) is 2.90. The van der Waals surface area contributed by atoms with Crippen LogP contribution >= 0.6 is 24.0 Å². The van der Waals surface area contributed by atoms with Gasteiger partial charge in [-0.25, -0.2) is 4.98 Å². The molecule has 1 heterocycles. The second-order valence-corrected chi connectivity index (χ2v) is 4.23. The standard InChI is InChI=1S/C13H14ClN3O.ClH/c14-7-13(18)16-8-11-1-3-12(4-2-11)9-17-6-5-15-10-17;/h1-6,10H,7-9H2,(H,16,18);1H. The smallest absolute Gasteiger partial charge is 0.235 e. The van der Waals surface area contributed by atoms with Crippen LogP contribution in [0.5, 0.6) is 0 Å². The van der Waals surface area contributed by atoms with Crippen LogP contribution in [-0.2, 0) is 17.9 Å². The van der Waals surface area contributed by atoms with Crippen molar-refractivity contribution in [2.24, 2.45) is 0 Å². The van der Waals surface area contributed by atoms with Gasteiger partial charge in [-0.3, -0.25) is 4.79 Å². The number of imidazole rings is 1. The van der Waals surface area contributed by atoms with Crippen molar-refractivity contribution >= 4 is 29.9 Å². The molecule has 0 aliphatic heterocycles. The molecule has 19 heavy (non-hydrogen) atoms. The molecule has 0 spiro atoms. The lowest BCUT2D eigenvalue weighted by molar-refractivity contribution is -0.118. The second-order valence-electron chi connectivity index (χ2n) is 3.96. The van der Waals surface area contributed by atoms with Crippen molar-refractivity contribution < 1.29 is 4.79 Å². The van der Waals surface area contributed by atoms with Gasteiger partial charge < -0.3 is 9.88 Å². The Hall–Kier alpha value is -1.52. The third kappa shape index (κ3) is 4.93. The average molecular weight is 300 g/mol. The first kappa shape index (κ1) is 15.5. The van der Waals surface area contributed by atoms with E-state index in [1.54, 1.807) is 12.5 Å². The van der Waals surface area contributed by atoms with Crippen molar-refractivity contribution in [3.05, 3.63) is 54.1 Å². The first-order valence-electron chi connectivity index (χ1n) is 5.64. The van der Waals surface area contributed by atoms with Gasteiger partial charge in [-0.15, -0.1) is 24.0 Å². The van der Waals surface area contributed by atoms with Gasteiger partial charge in [-0.1, -0.05) is 24.3 Å². The molecule has 0 fully saturated rings. The monoisotopic (exact) mass is 299 g/mol. The Morgan fingerprint density at radius 2 is 1.95 bits per heavy atom. The predicted molar refractivity (Wildman–Crippen MR) is 77.6 cm³/mol. The lowest BCUT2D eigenvalue weighted by atomic mass is 10.1. The molecule has 0 radical (unpaired) electrons. The summed E-state index contributed by atoms with van der Waals surface area (Å²) in [5, 5.41) is 2.73. The number of carbonyl (C=O) groups is 1. The van der Waals surface area contributed by atoms with Crippen LogP contribution in [0.3, 0.4) is 0 Å². The summed E-state index contributed by atoms with van der Waals surface area (Å²) in [7, 11) is 0. The summed E-state index contributed by atoms with van der Waals surface area (Å²) in [6.07, 6.45) is 5.47. The van der Waals surface area contributed by atoms with E-state index in [0.717, 1.165) is 12.1 Å². The molecule has 102 valence electrons. The van der Waals surface area contributed by atoms with E-state index in [1.807, 2.05) is 35.0 Å². The molecule has 1 amide bonds. The summed E-state index contributed by atoms with van der Waals surface area (Å²) in [5.41, 5.74) is 2.25. The zero-order chi connectivity index (χ0) is 12.8. The first-order chi connectivity index (χ1) is 8.78. The predicted octanol–water partition coefficient (Wildman–Crippen LogP) is 2.21. The zero-order valence-electron chi connectivity index (χ0n) is 10.3. The molecule has 1 aromatic carbocycles. The number of rotatable bonds is 5. The van der Waals surface area contributed by atoms with Crippen molar-refractivity contribution in [3.8, 4) is 0 Å². The summed E-state index contributed by atoms with van der Waals surface area (Å²) < 4.78 is 2.00. The minimum atomic E-state index is -0.154. The molecule has 2 aromatic rings. The normalized spacial score (nSPS) is 9.74. The molecule has 1 N–H and O–H groups in total. The maximum atomic E-state index is 11.0. The quantitative estimate of drug-likeness (QED) is 0.861. The molecular weight excluding hydrogens is 285 g/mol. The highest BCUT2D eigenvalue weighted by molar-refractivity contribution is 6.27. The fourth-order valence-corrected chi connectivity index (χ4v) is 1.70. The Labute approximate surface area is 123 Å². The highest BCUT2D eigenvalue weighted by atomic mass is 35.5. The van der Waals surface area contributed by atoms with Crippen LogP contribution in [-0.4, -0.2) is 21.3 Å². The van der Waals surface area contributed by atoms with Crippen LogP contribution in [0.2, 0.25) is 0 Å². The van der Waals surface area contributed by atoms with Crippen molar-refractivity contribution in [3.63, 3.8) is 0 Å². The Kier molecular flexibility index (Phi) is 6.39. The molecule has 0 atom stereocenters. The van der Waals surface area contributed by atoms with Gasteiger partial charge in [0, 0.05) is 25.5 Å². The molecule has 0 unspecified atom stereocenters. The van der Waals surface area contributed by atoms with Gasteiger partial charge >= 0.3 is 0 Å². The Morgan fingerprint density at radius 1 is 1.26 bits per heavy atom. The van der Waals surface area contributed by atoms with Gasteiger partial charge in [0.1, 0.15) is 5.88 Å². The maximum Gasteiger partial charge on any atom is 0.235 e. The van der Waals surface area contributed by atoms with Crippen molar-refractivity contribution in [1.82, 2.24) is 14.9 Å². The zero-order valence-corrected chi connectivity index (χ0v) is 11.8. The van der Waals surface area contributed by atoms with Gasteiger partial charge in [0.25, 0.3) is 0 Å². The Bertz CT molecular complexity index is 497. The summed E-state index contributed by atoms with van der Waals surface area (Å²) in [6.45, 7) is 1.31. The van der Waals surface area contributed by atoms with Crippen LogP contribution in [0.4, 0.5) is 0 Å². The maximum absolute atomic E-state index is 11.0. The molecule has 4 nitrogen and oxygen atoms in total. The minimum absolute atomic E-state index is 0. The molecule has 1 aromatic heterocycles. The Morgan fingerprint density at radius 3 is 2.53 bits per heavy atom. The van der Waals surface area contributed by atoms with Crippen molar-refractivity contribution in [1.29, 1.82) is 0 Å². The number of nitrogens with zero attached hydrogens (tertiary/aromatic N) is 2.